The lowest BCUT2D eigenvalue weighted by Crippen LogP contribution is -2.05. The summed E-state index contributed by atoms with van der Waals surface area (Å²) in [5, 5.41) is 0. The molecule has 0 radical (unpaired) electrons. The van der Waals surface area contributed by atoms with Gasteiger partial charge >= 0.3 is 5.97 Å². The van der Waals surface area contributed by atoms with Crippen molar-refractivity contribution in [1.82, 2.24) is 0 Å². The molecular weight excluding hydrogens is 166 g/mol. The van der Waals surface area contributed by atoms with Crippen molar-refractivity contribution in [3.05, 3.63) is 11.7 Å². The van der Waals surface area contributed by atoms with Gasteiger partial charge in [-0.3, -0.25) is 0 Å². The number of carbonyl (C=O) groups excluding carboxylic acids is 1. The third-order valence-electron chi connectivity index (χ3n) is 1.16. The molecule has 0 N–H and O–H groups in total. The molecule has 0 saturated heterocycles. The lowest BCUT2D eigenvalue weighted by atomic mass is 10.3. The zero-order valence-electron chi connectivity index (χ0n) is 7.19. The zero-order valence-corrected chi connectivity index (χ0v) is 7.19. The third-order valence-corrected chi connectivity index (χ3v) is 1.16. The van der Waals surface area contributed by atoms with Gasteiger partial charge in [-0.1, -0.05) is 6.92 Å². The first kappa shape index (κ1) is 11.1. The lowest BCUT2D eigenvalue weighted by Gasteiger charge is -1.99. The second kappa shape index (κ2) is 5.69. The molecule has 0 aliphatic heterocycles. The number of allylic oxidation sites excluding steroid dienone is 1. The summed E-state index contributed by atoms with van der Waals surface area (Å²) in [6.07, 6.45) is 0.392. The van der Waals surface area contributed by atoms with E-state index in [9.17, 15) is 13.6 Å². The molecule has 0 heterocycles. The summed E-state index contributed by atoms with van der Waals surface area (Å²) in [4.78, 5) is 10.6. The Bertz CT molecular complexity index is 187. The average molecular weight is 178 g/mol. The minimum atomic E-state index is -1.40. The van der Waals surface area contributed by atoms with E-state index in [0.29, 0.717) is 6.42 Å². The maximum Gasteiger partial charge on any atom is 0.369 e. The molecule has 0 amide bonds. The molecule has 0 spiro atoms. The van der Waals surface area contributed by atoms with Gasteiger partial charge in [0.25, 0.3) is 0 Å². The smallest absolute Gasteiger partial charge is 0.369 e. The van der Waals surface area contributed by atoms with Gasteiger partial charge in [-0.05, 0) is 13.3 Å². The van der Waals surface area contributed by atoms with Crippen LogP contribution in [0.15, 0.2) is 11.7 Å². The Hall–Kier alpha value is -0.930. The van der Waals surface area contributed by atoms with E-state index < -0.39 is 17.6 Å². The highest BCUT2D eigenvalue weighted by Crippen LogP contribution is 2.14. The molecular formula is C8H12F2O2. The highest BCUT2D eigenvalue weighted by molar-refractivity contribution is 5.86. The maximum atomic E-state index is 12.6. The van der Waals surface area contributed by atoms with Crippen LogP contribution in [0.1, 0.15) is 26.7 Å². The van der Waals surface area contributed by atoms with Crippen LogP contribution in [-0.2, 0) is 9.53 Å². The van der Waals surface area contributed by atoms with Gasteiger partial charge in [0, 0.05) is 6.42 Å². The van der Waals surface area contributed by atoms with Crippen LogP contribution in [0, 0.1) is 0 Å². The molecule has 0 rings (SSSR count). The van der Waals surface area contributed by atoms with Gasteiger partial charge in [-0.25, -0.2) is 9.18 Å². The van der Waals surface area contributed by atoms with Gasteiger partial charge in [-0.2, -0.15) is 4.39 Å². The summed E-state index contributed by atoms with van der Waals surface area (Å²) >= 11 is 0. The summed E-state index contributed by atoms with van der Waals surface area (Å²) in [7, 11) is 0. The minimum Gasteiger partial charge on any atom is -0.461 e. The normalized spacial score (nSPS) is 12.3. The van der Waals surface area contributed by atoms with Gasteiger partial charge in [0.15, 0.2) is 0 Å². The van der Waals surface area contributed by atoms with Crippen LogP contribution in [-0.4, -0.2) is 12.6 Å². The largest absolute Gasteiger partial charge is 0.461 e. The van der Waals surface area contributed by atoms with Crippen LogP contribution in [0.4, 0.5) is 8.78 Å². The Morgan fingerprint density at radius 2 is 1.92 bits per heavy atom. The fourth-order valence-corrected chi connectivity index (χ4v) is 0.634. The first-order valence-electron chi connectivity index (χ1n) is 3.84. The SMILES string of the molecule is CCC/C(F)=C(/F)C(=O)OCC. The van der Waals surface area contributed by atoms with E-state index in [4.69, 9.17) is 0 Å². The molecule has 0 aromatic heterocycles. The van der Waals surface area contributed by atoms with Crippen LogP contribution in [0.2, 0.25) is 0 Å². The Kier molecular flexibility index (Phi) is 5.25. The standard InChI is InChI=1S/C8H12F2O2/c1-3-5-6(9)7(10)8(11)12-4-2/h3-5H2,1-2H3/b7-6-. The monoisotopic (exact) mass is 178 g/mol. The molecule has 0 aromatic carbocycles. The van der Waals surface area contributed by atoms with Crippen molar-refractivity contribution in [3.8, 4) is 0 Å². The van der Waals surface area contributed by atoms with E-state index in [2.05, 4.69) is 4.74 Å². The Labute approximate surface area is 70.2 Å². The van der Waals surface area contributed by atoms with Crippen molar-refractivity contribution in [3.63, 3.8) is 0 Å². The molecule has 0 unspecified atom stereocenters. The predicted molar refractivity (Wildman–Crippen MR) is 40.8 cm³/mol. The molecule has 4 heteroatoms. The number of esters is 1. The number of halogens is 2. The molecule has 0 aliphatic carbocycles. The Balaban J connectivity index is 4.22. The van der Waals surface area contributed by atoms with E-state index in [1.54, 1.807) is 6.92 Å². The molecule has 0 saturated carbocycles. The van der Waals surface area contributed by atoms with Crippen molar-refractivity contribution >= 4 is 5.97 Å². The van der Waals surface area contributed by atoms with E-state index in [1.807, 2.05) is 0 Å². The molecule has 2 nitrogen and oxygen atoms in total. The second-order valence-corrected chi connectivity index (χ2v) is 2.19. The van der Waals surface area contributed by atoms with E-state index in [0.717, 1.165) is 0 Å². The van der Waals surface area contributed by atoms with E-state index in [1.165, 1.54) is 6.92 Å². The van der Waals surface area contributed by atoms with Gasteiger partial charge in [0.2, 0.25) is 5.83 Å². The molecule has 0 bridgehead atoms. The van der Waals surface area contributed by atoms with Crippen molar-refractivity contribution in [1.29, 1.82) is 0 Å². The highest BCUT2D eigenvalue weighted by Gasteiger charge is 2.15. The summed E-state index contributed by atoms with van der Waals surface area (Å²) in [5.41, 5.74) is 0. The summed E-state index contributed by atoms with van der Waals surface area (Å²) in [6, 6.07) is 0. The lowest BCUT2D eigenvalue weighted by molar-refractivity contribution is -0.140. The Morgan fingerprint density at radius 3 is 2.33 bits per heavy atom. The number of rotatable bonds is 4. The fourth-order valence-electron chi connectivity index (χ4n) is 0.634. The topological polar surface area (TPSA) is 26.3 Å². The predicted octanol–water partition coefficient (Wildman–Crippen LogP) is 2.50. The molecule has 0 atom stereocenters. The van der Waals surface area contributed by atoms with E-state index in [-0.39, 0.29) is 13.0 Å². The van der Waals surface area contributed by atoms with Crippen LogP contribution >= 0.6 is 0 Å². The molecule has 0 aliphatic rings. The molecule has 12 heavy (non-hydrogen) atoms. The second-order valence-electron chi connectivity index (χ2n) is 2.19. The fraction of sp³-hybridized carbons (Fsp3) is 0.625. The van der Waals surface area contributed by atoms with Crippen molar-refractivity contribution < 1.29 is 18.3 Å². The first-order valence-corrected chi connectivity index (χ1v) is 3.84. The highest BCUT2D eigenvalue weighted by atomic mass is 19.2. The molecule has 70 valence electrons. The van der Waals surface area contributed by atoms with Gasteiger partial charge in [0.05, 0.1) is 6.61 Å². The van der Waals surface area contributed by atoms with Crippen LogP contribution in [0.3, 0.4) is 0 Å². The Morgan fingerprint density at radius 1 is 1.33 bits per heavy atom. The molecule has 0 fully saturated rings. The number of hydrogen-bond acceptors (Lipinski definition) is 2. The minimum absolute atomic E-state index is 0.0473. The van der Waals surface area contributed by atoms with Gasteiger partial charge in [0.1, 0.15) is 5.83 Å². The van der Waals surface area contributed by atoms with Crippen molar-refractivity contribution in [2.75, 3.05) is 6.61 Å². The quantitative estimate of drug-likeness (QED) is 0.488. The zero-order chi connectivity index (χ0) is 9.56. The number of hydrogen-bond donors (Lipinski definition) is 0. The molecule has 0 aromatic rings. The summed E-state index contributed by atoms with van der Waals surface area (Å²) < 4.78 is 29.4. The van der Waals surface area contributed by atoms with E-state index >= 15 is 0 Å². The first-order chi connectivity index (χ1) is 5.63. The maximum absolute atomic E-state index is 12.6. The third kappa shape index (κ3) is 3.46. The van der Waals surface area contributed by atoms with Crippen LogP contribution in [0.5, 0.6) is 0 Å². The van der Waals surface area contributed by atoms with Crippen molar-refractivity contribution in [2.24, 2.45) is 0 Å². The summed E-state index contributed by atoms with van der Waals surface area (Å²) in [6.45, 7) is 3.27. The van der Waals surface area contributed by atoms with Gasteiger partial charge < -0.3 is 4.74 Å². The van der Waals surface area contributed by atoms with Crippen molar-refractivity contribution in [2.45, 2.75) is 26.7 Å². The van der Waals surface area contributed by atoms with Gasteiger partial charge in [-0.15, -0.1) is 0 Å². The van der Waals surface area contributed by atoms with Crippen LogP contribution in [0.25, 0.3) is 0 Å². The summed E-state index contributed by atoms with van der Waals surface area (Å²) in [5.74, 6) is -3.65. The number of carbonyl (C=O) groups is 1. The number of ether oxygens (including phenoxy) is 1. The average Bonchev–Trinajstić information content (AvgIpc) is 2.04. The van der Waals surface area contributed by atoms with Crippen LogP contribution < -0.4 is 0 Å².